The van der Waals surface area contributed by atoms with E-state index in [1.165, 1.54) is 36.8 Å². The average Bonchev–Trinajstić information content (AvgIpc) is 0.810. The number of alkyl halides is 1. The first-order chi connectivity index (χ1) is 67.6. The zero-order chi connectivity index (χ0) is 100. The van der Waals surface area contributed by atoms with Gasteiger partial charge in [0, 0.05) is 31.9 Å². The minimum Gasteiger partial charge on any atom is -0.508 e. The molecule has 0 radical (unpaired) electrons. The monoisotopic (exact) mass is 2030 g/mol. The summed E-state index contributed by atoms with van der Waals surface area (Å²) in [5.74, 6) is 4.22. The Morgan fingerprint density at radius 1 is 0.321 bits per heavy atom. The molecule has 4 aliphatic rings. The number of phenolic OH excluding ortho intramolecular Hbond substituents is 3. The lowest BCUT2D eigenvalue weighted by molar-refractivity contribution is -0.174. The second kappa shape index (κ2) is 55.8. The number of hydrogen-bond donors (Lipinski definition) is 9. The van der Waals surface area contributed by atoms with Crippen LogP contribution in [0.5, 0.6) is 57.5 Å². The van der Waals surface area contributed by atoms with E-state index >= 15 is 0 Å². The first kappa shape index (κ1) is 108. The third kappa shape index (κ3) is 36.0. The number of carbonyl (C=O) groups is 3. The molecule has 0 unspecified atom stereocenters. The molecule has 0 aromatic heterocycles. The van der Waals surface area contributed by atoms with Crippen molar-refractivity contribution >= 4 is 62.3 Å². The summed E-state index contributed by atoms with van der Waals surface area (Å²) in [6.07, 6.45) is 0. The van der Waals surface area contributed by atoms with Gasteiger partial charge in [-0.25, -0.2) is 14.4 Å². The molecule has 17 rings (SSSR count). The van der Waals surface area contributed by atoms with Crippen LogP contribution in [0, 0.1) is 21.7 Å². The Labute approximate surface area is 833 Å². The number of aliphatic hydroxyl groups excluding tert-OH is 3. The average molecular weight is 2030 g/mol. The van der Waals surface area contributed by atoms with Gasteiger partial charge >= 0.3 is 25.0 Å². The number of esters is 2. The Hall–Kier alpha value is -13.6. The van der Waals surface area contributed by atoms with E-state index in [-0.39, 0.29) is 70.9 Å². The highest BCUT2D eigenvalue weighted by molar-refractivity contribution is 9.10. The van der Waals surface area contributed by atoms with Crippen LogP contribution in [-0.4, -0.2) is 175 Å². The topological polar surface area (TPSA) is 344 Å². The number of aromatic hydroxyl groups is 3. The van der Waals surface area contributed by atoms with Gasteiger partial charge in [-0.3, -0.25) is 0 Å². The van der Waals surface area contributed by atoms with E-state index in [9.17, 15) is 34.8 Å². The minimum absolute atomic E-state index is 0.0556. The molecule has 0 saturated carbocycles. The molecule has 0 amide bonds. The number of aliphatic hydroxyl groups is 3. The molecule has 4 saturated heterocycles. The number of phenols is 3. The Kier molecular flexibility index (Phi) is 43.2. The van der Waals surface area contributed by atoms with E-state index < -0.39 is 25.0 Å². The largest absolute Gasteiger partial charge is 0.508 e. The highest BCUT2D eigenvalue weighted by Crippen LogP contribution is 2.36. The Balaban J connectivity index is 0.000000172. The number of hydrogen-bond acceptors (Lipinski definition) is 23. The van der Waals surface area contributed by atoms with Gasteiger partial charge in [-0.2, -0.15) is 0 Å². The molecule has 9 N–H and O–H groups in total. The molecular formula is C113H117BBr2O24. The maximum absolute atomic E-state index is 11.6. The normalized spacial score (nSPS) is 13.6. The van der Waals surface area contributed by atoms with Crippen LogP contribution in [0.4, 0.5) is 0 Å². The van der Waals surface area contributed by atoms with Gasteiger partial charge in [-0.05, 0) is 221 Å². The fraction of sp³-hybridized carbons (Fsp3) is 0.230. The van der Waals surface area contributed by atoms with Crippen LogP contribution in [0.25, 0.3) is 44.5 Å². The molecule has 0 bridgehead atoms. The summed E-state index contributed by atoms with van der Waals surface area (Å²) in [4.78, 5) is 32.8. The second-order valence-corrected chi connectivity index (χ2v) is 35.5. The number of carbonyl (C=O) groups excluding carboxylic acids is 2. The lowest BCUT2D eigenvalue weighted by Gasteiger charge is -2.40. The third-order valence-electron chi connectivity index (χ3n) is 21.9. The molecule has 24 nitrogen and oxygen atoms in total. The summed E-state index contributed by atoms with van der Waals surface area (Å²) in [6, 6.07) is 105. The maximum Gasteiger partial charge on any atom is 0.488 e. The molecule has 730 valence electrons. The van der Waals surface area contributed by atoms with E-state index in [4.69, 9.17) is 82.2 Å². The van der Waals surface area contributed by atoms with Gasteiger partial charge in [-0.15, -0.1) is 0 Å². The SMILES string of the molecule is Brc1ccc(OCc2ccccc2)cc1.C=C(C)C(=O)O.C=C(C)C(=O)OCC1(COc2ccc(-c3ccc(OC(=O)C(=C)C)cc3)cc2)COC1.OB(O)c1ccc(O)cc1.OCC1(CBr)COC1.OCC1(COc2ccc(-c3ccc(O)cc3)cc2)COC1.OCC1(COc2ccc(-c3ccc(OCc4ccccc4)cc3)cc2)COC1.Oc1ccc(-c2ccc(OCc3ccccc3)cc2)cc1. The predicted octanol–water partition coefficient (Wildman–Crippen LogP) is 19.9. The predicted molar refractivity (Wildman–Crippen MR) is 548 cm³/mol. The van der Waals surface area contributed by atoms with Crippen molar-refractivity contribution in [3.05, 3.63) is 391 Å². The summed E-state index contributed by atoms with van der Waals surface area (Å²) in [7, 11) is -1.46. The smallest absolute Gasteiger partial charge is 0.488 e. The van der Waals surface area contributed by atoms with Crippen molar-refractivity contribution < 1.29 is 117 Å². The summed E-state index contributed by atoms with van der Waals surface area (Å²) < 4.78 is 66.9. The van der Waals surface area contributed by atoms with Crippen LogP contribution in [0.3, 0.4) is 0 Å². The Morgan fingerprint density at radius 2 is 0.564 bits per heavy atom. The molecule has 13 aromatic carbocycles. The Morgan fingerprint density at radius 3 is 0.793 bits per heavy atom. The molecule has 0 spiro atoms. The van der Waals surface area contributed by atoms with Crippen molar-refractivity contribution in [2.45, 2.75) is 40.6 Å². The molecule has 140 heavy (non-hydrogen) atoms. The standard InChI is InChI=1S/C25H26O6.C24H24O4.C19H16O2.C17H18O4.C13H11BrO.C6H7BO3.C5H9BrO2.C4H6O2/c1-17(2)23(26)30-16-25(13-28-14-25)15-29-21-9-5-19(6-10-21)20-7-11-22(12-8-20)31-24(27)18(3)4;25-15-24(16-26-17-24)18-28-23-12-8-21(9-13-23)20-6-10-22(11-7-20)27-14-19-4-2-1-3-5-19;20-18-10-6-16(7-11-18)17-8-12-19(13-9-17)21-14-15-4-2-1-3-5-15;18-9-17(10-20-11-17)12-21-16-7-3-14(4-8-16)13-1-5-15(19)6-2-13;14-12-6-8-13(9-7-12)15-10-11-4-2-1-3-5-11;8-6-3-1-5(2-4-6)7(9)10;6-1-5(2-7)3-8-4-5;1-3(2)4(5)6/h5-12H,1,3,13-16H2,2,4H3;1-13,25H,14-18H2;1-13,20H,14H2;1-8,18-19H,9-12H2;1-9H,10H2;1-4,8-10H;7H,1-4H2;1H2,2H3,(H,5,6). The minimum atomic E-state index is -1.46. The molecule has 0 atom stereocenters. The highest BCUT2D eigenvalue weighted by atomic mass is 79.9. The first-order valence-electron chi connectivity index (χ1n) is 44.9. The number of carboxylic acids is 1. The summed E-state index contributed by atoms with van der Waals surface area (Å²) in [5.41, 5.74) is 12.5. The number of ether oxygens (including phenoxy) is 12. The van der Waals surface area contributed by atoms with E-state index in [0.717, 1.165) is 94.2 Å². The van der Waals surface area contributed by atoms with Gasteiger partial charge in [0.15, 0.2) is 0 Å². The maximum atomic E-state index is 11.6. The second-order valence-electron chi connectivity index (χ2n) is 34.0. The molecule has 4 fully saturated rings. The first-order valence-corrected chi connectivity index (χ1v) is 46.8. The molecule has 0 aliphatic carbocycles. The third-order valence-corrected chi connectivity index (χ3v) is 23.6. The molecule has 13 aromatic rings. The van der Waals surface area contributed by atoms with Crippen molar-refractivity contribution in [1.82, 2.24) is 0 Å². The van der Waals surface area contributed by atoms with Crippen LogP contribution in [0.1, 0.15) is 37.5 Å². The van der Waals surface area contributed by atoms with Crippen LogP contribution in [-0.2, 0) is 57.9 Å². The number of rotatable bonds is 33. The fourth-order valence-electron chi connectivity index (χ4n) is 12.8. The van der Waals surface area contributed by atoms with Gasteiger partial charge in [0.05, 0.1) is 88.9 Å². The Bertz CT molecular complexity index is 5880. The quantitative estimate of drug-likeness (QED) is 0.00606. The van der Waals surface area contributed by atoms with E-state index in [1.54, 1.807) is 50.2 Å². The zero-order valence-electron chi connectivity index (χ0n) is 78.3. The van der Waals surface area contributed by atoms with Crippen molar-refractivity contribution in [2.24, 2.45) is 21.7 Å². The van der Waals surface area contributed by atoms with Crippen LogP contribution in [0.2, 0.25) is 0 Å². The van der Waals surface area contributed by atoms with Gasteiger partial charge in [0.1, 0.15) is 104 Å². The van der Waals surface area contributed by atoms with E-state index in [1.807, 2.05) is 237 Å². The van der Waals surface area contributed by atoms with Crippen molar-refractivity contribution in [3.8, 4) is 102 Å². The van der Waals surface area contributed by atoms with Crippen LogP contribution in [0.15, 0.2) is 375 Å². The van der Waals surface area contributed by atoms with E-state index in [0.29, 0.717) is 121 Å². The van der Waals surface area contributed by atoms with Crippen LogP contribution >= 0.6 is 31.9 Å². The summed E-state index contributed by atoms with van der Waals surface area (Å²) in [6.45, 7) is 23.3. The number of carboxylic acid groups (broad SMARTS) is 1. The van der Waals surface area contributed by atoms with Gasteiger partial charge in [-0.1, -0.05) is 252 Å². The molecule has 27 heteroatoms. The lowest BCUT2D eigenvalue weighted by atomic mass is 9.80. The molecular weight excluding hydrogens is 1910 g/mol. The summed E-state index contributed by atoms with van der Waals surface area (Å²) in [5, 5.41) is 80.8. The molecule has 4 heterocycles. The van der Waals surface area contributed by atoms with Crippen molar-refractivity contribution in [3.63, 3.8) is 0 Å². The van der Waals surface area contributed by atoms with Gasteiger partial charge < -0.3 is 103 Å². The number of benzene rings is 13. The van der Waals surface area contributed by atoms with Crippen LogP contribution < -0.4 is 38.6 Å². The van der Waals surface area contributed by atoms with Crippen molar-refractivity contribution in [1.29, 1.82) is 0 Å². The van der Waals surface area contributed by atoms with Crippen molar-refractivity contribution in [2.75, 3.05) is 104 Å². The number of aliphatic carboxylic acids is 1. The fourth-order valence-corrected chi connectivity index (χ4v) is 13.6. The zero-order valence-corrected chi connectivity index (χ0v) is 81.5. The van der Waals surface area contributed by atoms with Gasteiger partial charge in [0.25, 0.3) is 0 Å². The molecule has 4 aliphatic heterocycles. The van der Waals surface area contributed by atoms with Gasteiger partial charge in [0.2, 0.25) is 0 Å². The highest BCUT2D eigenvalue weighted by Gasteiger charge is 2.43. The number of halogens is 2. The summed E-state index contributed by atoms with van der Waals surface area (Å²) >= 11 is 6.69. The van der Waals surface area contributed by atoms with E-state index in [2.05, 4.69) is 88.0 Å². The lowest BCUT2D eigenvalue weighted by Crippen LogP contribution is -2.51.